The highest BCUT2D eigenvalue weighted by molar-refractivity contribution is 5.98. The Balaban J connectivity index is 2.35. The van der Waals surface area contributed by atoms with Crippen LogP contribution in [0, 0.1) is 15.5 Å². The van der Waals surface area contributed by atoms with Gasteiger partial charge in [-0.2, -0.15) is 0 Å². The van der Waals surface area contributed by atoms with Crippen molar-refractivity contribution in [2.24, 2.45) is 5.41 Å². The van der Waals surface area contributed by atoms with Crippen LogP contribution in [0.5, 0.6) is 0 Å². The van der Waals surface area contributed by atoms with Crippen LogP contribution in [0.25, 0.3) is 0 Å². The van der Waals surface area contributed by atoms with Gasteiger partial charge in [-0.25, -0.2) is 4.98 Å². The highest BCUT2D eigenvalue weighted by Gasteiger charge is 2.35. The van der Waals surface area contributed by atoms with Gasteiger partial charge < -0.3 is 10.2 Å². The minimum atomic E-state index is -0.569. The van der Waals surface area contributed by atoms with Gasteiger partial charge >= 0.3 is 0 Å². The Kier molecular flexibility index (Phi) is 3.61. The summed E-state index contributed by atoms with van der Waals surface area (Å²) in [5, 5.41) is 13.8. The molecule has 7 nitrogen and oxygen atoms in total. The lowest BCUT2D eigenvalue weighted by molar-refractivity contribution is -0.385. The van der Waals surface area contributed by atoms with Crippen molar-refractivity contribution in [1.82, 2.24) is 9.88 Å². The van der Waals surface area contributed by atoms with Gasteiger partial charge in [0.15, 0.2) is 0 Å². The second-order valence-corrected chi connectivity index (χ2v) is 5.73. The van der Waals surface area contributed by atoms with E-state index in [2.05, 4.69) is 24.1 Å². The van der Waals surface area contributed by atoms with Gasteiger partial charge in [0.25, 0.3) is 11.6 Å². The van der Waals surface area contributed by atoms with E-state index in [1.807, 2.05) is 0 Å². The van der Waals surface area contributed by atoms with Crippen molar-refractivity contribution in [1.29, 1.82) is 0 Å². The van der Waals surface area contributed by atoms with Gasteiger partial charge in [0, 0.05) is 26.2 Å². The Morgan fingerprint density at radius 2 is 2.25 bits per heavy atom. The molecule has 1 aromatic heterocycles. The quantitative estimate of drug-likeness (QED) is 0.674. The first-order valence-corrected chi connectivity index (χ1v) is 6.45. The van der Waals surface area contributed by atoms with E-state index in [0.29, 0.717) is 18.9 Å². The maximum absolute atomic E-state index is 12.5. The van der Waals surface area contributed by atoms with Gasteiger partial charge in [0.1, 0.15) is 17.6 Å². The van der Waals surface area contributed by atoms with Crippen LogP contribution in [0.3, 0.4) is 0 Å². The van der Waals surface area contributed by atoms with Crippen LogP contribution in [0.2, 0.25) is 0 Å². The zero-order chi connectivity index (χ0) is 14.9. The molecule has 1 N–H and O–H groups in total. The summed E-state index contributed by atoms with van der Waals surface area (Å²) in [6.45, 7) is 5.40. The predicted molar refractivity (Wildman–Crippen MR) is 74.7 cm³/mol. The SMILES string of the molecule is CNc1cc(C(=O)N2CCC(C)(C)C2)c([N+](=O)[O-])cn1. The first kappa shape index (κ1) is 14.2. The number of carbonyl (C=O) groups is 1. The van der Waals surface area contributed by atoms with Crippen LogP contribution < -0.4 is 5.32 Å². The van der Waals surface area contributed by atoms with E-state index in [1.165, 1.54) is 6.07 Å². The first-order valence-electron chi connectivity index (χ1n) is 6.45. The van der Waals surface area contributed by atoms with Crippen LogP contribution in [0.15, 0.2) is 12.3 Å². The van der Waals surface area contributed by atoms with Gasteiger partial charge in [-0.15, -0.1) is 0 Å². The number of hydrogen-bond donors (Lipinski definition) is 1. The molecule has 0 aliphatic carbocycles. The molecular formula is C13H18N4O3. The van der Waals surface area contributed by atoms with Crippen molar-refractivity contribution < 1.29 is 9.72 Å². The second kappa shape index (κ2) is 5.07. The van der Waals surface area contributed by atoms with Crippen molar-refractivity contribution in [3.63, 3.8) is 0 Å². The fourth-order valence-electron chi connectivity index (χ4n) is 2.36. The van der Waals surface area contributed by atoms with Crippen LogP contribution in [-0.4, -0.2) is 40.9 Å². The number of nitrogens with one attached hydrogen (secondary N) is 1. The van der Waals surface area contributed by atoms with E-state index in [-0.39, 0.29) is 22.6 Å². The summed E-state index contributed by atoms with van der Waals surface area (Å²) in [7, 11) is 1.65. The number of pyridine rings is 1. The van der Waals surface area contributed by atoms with Crippen LogP contribution in [-0.2, 0) is 0 Å². The molecule has 1 aliphatic rings. The Bertz CT molecular complexity index is 557. The van der Waals surface area contributed by atoms with Crippen LogP contribution >= 0.6 is 0 Å². The average Bonchev–Trinajstić information content (AvgIpc) is 2.77. The summed E-state index contributed by atoms with van der Waals surface area (Å²) < 4.78 is 0. The highest BCUT2D eigenvalue weighted by atomic mass is 16.6. The lowest BCUT2D eigenvalue weighted by atomic mass is 9.93. The first-order chi connectivity index (χ1) is 9.34. The van der Waals surface area contributed by atoms with Gasteiger partial charge in [0.05, 0.1) is 4.92 Å². The molecule has 1 fully saturated rings. The number of nitro groups is 1. The monoisotopic (exact) mass is 278 g/mol. The third-order valence-electron chi connectivity index (χ3n) is 3.53. The molecule has 0 spiro atoms. The fraction of sp³-hybridized carbons (Fsp3) is 0.538. The lowest BCUT2D eigenvalue weighted by Gasteiger charge is -2.20. The molecule has 1 aliphatic heterocycles. The molecular weight excluding hydrogens is 260 g/mol. The molecule has 1 saturated heterocycles. The molecule has 0 bridgehead atoms. The van der Waals surface area contributed by atoms with Crippen molar-refractivity contribution >= 4 is 17.4 Å². The molecule has 0 atom stereocenters. The van der Waals surface area contributed by atoms with E-state index in [9.17, 15) is 14.9 Å². The summed E-state index contributed by atoms with van der Waals surface area (Å²) in [5.74, 6) is 0.138. The average molecular weight is 278 g/mol. The number of aromatic nitrogens is 1. The normalized spacial score (nSPS) is 17.1. The number of anilines is 1. The van der Waals surface area contributed by atoms with Crippen molar-refractivity contribution in [2.75, 3.05) is 25.5 Å². The smallest absolute Gasteiger partial charge is 0.300 e. The number of nitrogens with zero attached hydrogens (tertiary/aromatic N) is 3. The van der Waals surface area contributed by atoms with E-state index in [1.54, 1.807) is 11.9 Å². The van der Waals surface area contributed by atoms with Gasteiger partial charge in [-0.05, 0) is 11.8 Å². The van der Waals surface area contributed by atoms with Crippen molar-refractivity contribution in [2.45, 2.75) is 20.3 Å². The summed E-state index contributed by atoms with van der Waals surface area (Å²) in [6.07, 6.45) is 2.02. The molecule has 1 aromatic rings. The van der Waals surface area contributed by atoms with Crippen molar-refractivity contribution in [3.05, 3.63) is 27.9 Å². The Labute approximate surface area is 117 Å². The number of rotatable bonds is 3. The molecule has 1 amide bonds. The van der Waals surface area contributed by atoms with E-state index in [4.69, 9.17) is 0 Å². The Morgan fingerprint density at radius 1 is 1.55 bits per heavy atom. The minimum absolute atomic E-state index is 0.0588. The third-order valence-corrected chi connectivity index (χ3v) is 3.53. The van der Waals surface area contributed by atoms with Crippen molar-refractivity contribution in [3.8, 4) is 0 Å². The van der Waals surface area contributed by atoms with E-state index < -0.39 is 4.92 Å². The zero-order valence-electron chi connectivity index (χ0n) is 11.8. The molecule has 0 radical (unpaired) electrons. The Hall–Kier alpha value is -2.18. The molecule has 108 valence electrons. The molecule has 0 unspecified atom stereocenters. The maximum Gasteiger partial charge on any atom is 0.300 e. The Morgan fingerprint density at radius 3 is 2.75 bits per heavy atom. The molecule has 0 saturated carbocycles. The summed E-state index contributed by atoms with van der Waals surface area (Å²) in [4.78, 5) is 28.5. The van der Waals surface area contributed by atoms with Crippen LogP contribution in [0.1, 0.15) is 30.6 Å². The largest absolute Gasteiger partial charge is 0.373 e. The van der Waals surface area contributed by atoms with Gasteiger partial charge in [0.2, 0.25) is 0 Å². The van der Waals surface area contributed by atoms with Crippen LogP contribution in [0.4, 0.5) is 11.5 Å². The molecule has 2 heterocycles. The topological polar surface area (TPSA) is 88.4 Å². The molecule has 0 aromatic carbocycles. The predicted octanol–water partition coefficient (Wildman–Crippen LogP) is 1.90. The number of likely N-dealkylation sites (tertiary alicyclic amines) is 1. The maximum atomic E-state index is 12.5. The van der Waals surface area contributed by atoms with E-state index >= 15 is 0 Å². The summed E-state index contributed by atoms with van der Waals surface area (Å²) in [5.41, 5.74) is -0.103. The minimum Gasteiger partial charge on any atom is -0.373 e. The second-order valence-electron chi connectivity index (χ2n) is 5.73. The standard InChI is InChI=1S/C13H18N4O3/c1-13(2)4-5-16(8-13)12(18)9-6-11(14-3)15-7-10(9)17(19)20/h6-7H,4-5,8H2,1-3H3,(H,14,15). The zero-order valence-corrected chi connectivity index (χ0v) is 11.8. The molecule has 20 heavy (non-hydrogen) atoms. The molecule has 7 heteroatoms. The van der Waals surface area contributed by atoms with Gasteiger partial charge in [-0.3, -0.25) is 14.9 Å². The number of hydrogen-bond acceptors (Lipinski definition) is 5. The van der Waals surface area contributed by atoms with E-state index in [0.717, 1.165) is 12.6 Å². The third kappa shape index (κ3) is 2.71. The summed E-state index contributed by atoms with van der Waals surface area (Å²) in [6, 6.07) is 1.44. The number of amides is 1. The van der Waals surface area contributed by atoms with Gasteiger partial charge in [-0.1, -0.05) is 13.8 Å². The molecule has 2 rings (SSSR count). The number of carbonyl (C=O) groups excluding carboxylic acids is 1. The fourth-order valence-corrected chi connectivity index (χ4v) is 2.36. The summed E-state index contributed by atoms with van der Waals surface area (Å²) >= 11 is 0. The lowest BCUT2D eigenvalue weighted by Crippen LogP contribution is -2.30. The highest BCUT2D eigenvalue weighted by Crippen LogP contribution is 2.31.